The van der Waals surface area contributed by atoms with Crippen molar-refractivity contribution in [3.8, 4) is 0 Å². The van der Waals surface area contributed by atoms with Crippen LogP contribution in [-0.4, -0.2) is 41.3 Å². The fourth-order valence-electron chi connectivity index (χ4n) is 2.94. The standard InChI is InChI=1S/C15H26F3NO2/c1-4-11(10(2)3)9-13(20)19-7-5-12(6-8-19)14(21)15(16,17)18/h10-12,14,21H,4-9H2,1-3H3. The van der Waals surface area contributed by atoms with Crippen LogP contribution < -0.4 is 0 Å². The molecule has 0 spiro atoms. The molecule has 2 atom stereocenters. The minimum absolute atomic E-state index is 0.0236. The molecule has 1 N–H and O–H groups in total. The van der Waals surface area contributed by atoms with Gasteiger partial charge in [0.2, 0.25) is 5.91 Å². The summed E-state index contributed by atoms with van der Waals surface area (Å²) in [4.78, 5) is 13.8. The molecule has 3 nitrogen and oxygen atoms in total. The molecule has 1 rings (SSSR count). The van der Waals surface area contributed by atoms with Crippen LogP contribution in [0.1, 0.15) is 46.5 Å². The first-order valence-electron chi connectivity index (χ1n) is 7.69. The molecule has 1 aliphatic rings. The van der Waals surface area contributed by atoms with Crippen LogP contribution in [0.15, 0.2) is 0 Å². The second-order valence-electron chi connectivity index (χ2n) is 6.32. The maximum atomic E-state index is 12.5. The van der Waals surface area contributed by atoms with Crippen LogP contribution in [-0.2, 0) is 4.79 Å². The molecule has 1 fully saturated rings. The predicted molar refractivity (Wildman–Crippen MR) is 74.6 cm³/mol. The molecule has 1 aliphatic heterocycles. The van der Waals surface area contributed by atoms with Gasteiger partial charge in [0.25, 0.3) is 0 Å². The molecule has 1 saturated heterocycles. The Morgan fingerprint density at radius 3 is 2.19 bits per heavy atom. The Balaban J connectivity index is 2.47. The van der Waals surface area contributed by atoms with Crippen molar-refractivity contribution in [2.75, 3.05) is 13.1 Å². The molecule has 0 radical (unpaired) electrons. The molecule has 0 saturated carbocycles. The summed E-state index contributed by atoms with van der Waals surface area (Å²) in [6.45, 7) is 6.82. The Morgan fingerprint density at radius 1 is 1.29 bits per heavy atom. The average Bonchev–Trinajstić information content (AvgIpc) is 2.42. The summed E-state index contributed by atoms with van der Waals surface area (Å²) in [6, 6.07) is 0. The Kier molecular flexibility index (Phi) is 6.50. The van der Waals surface area contributed by atoms with Gasteiger partial charge in [-0.15, -0.1) is 0 Å². The molecular formula is C15H26F3NO2. The Hall–Kier alpha value is -0.780. The van der Waals surface area contributed by atoms with Gasteiger partial charge in [0.05, 0.1) is 0 Å². The summed E-state index contributed by atoms with van der Waals surface area (Å²) >= 11 is 0. The van der Waals surface area contributed by atoms with E-state index < -0.39 is 18.2 Å². The van der Waals surface area contributed by atoms with E-state index in [0.717, 1.165) is 6.42 Å². The number of hydrogen-bond acceptors (Lipinski definition) is 2. The van der Waals surface area contributed by atoms with Crippen molar-refractivity contribution in [1.82, 2.24) is 4.90 Å². The molecular weight excluding hydrogens is 283 g/mol. The van der Waals surface area contributed by atoms with E-state index in [1.165, 1.54) is 0 Å². The number of aliphatic hydroxyl groups excluding tert-OH is 1. The van der Waals surface area contributed by atoms with Gasteiger partial charge in [0.1, 0.15) is 0 Å². The number of carbonyl (C=O) groups excluding carboxylic acids is 1. The number of rotatable bonds is 5. The first kappa shape index (κ1) is 18.3. The van der Waals surface area contributed by atoms with Gasteiger partial charge in [0, 0.05) is 19.5 Å². The lowest BCUT2D eigenvalue weighted by molar-refractivity contribution is -0.222. The average molecular weight is 309 g/mol. The zero-order valence-electron chi connectivity index (χ0n) is 13.0. The van der Waals surface area contributed by atoms with E-state index >= 15 is 0 Å². The van der Waals surface area contributed by atoms with E-state index in [2.05, 4.69) is 13.8 Å². The largest absolute Gasteiger partial charge is 0.414 e. The number of hydrogen-bond donors (Lipinski definition) is 1. The molecule has 1 amide bonds. The smallest absolute Gasteiger partial charge is 0.383 e. The first-order valence-corrected chi connectivity index (χ1v) is 7.69. The number of piperidine rings is 1. The number of carbonyl (C=O) groups is 1. The highest BCUT2D eigenvalue weighted by atomic mass is 19.4. The fraction of sp³-hybridized carbons (Fsp3) is 0.933. The SMILES string of the molecule is CCC(CC(=O)N1CCC(C(O)C(F)(F)F)CC1)C(C)C. The van der Waals surface area contributed by atoms with Crippen LogP contribution in [0.2, 0.25) is 0 Å². The zero-order valence-corrected chi connectivity index (χ0v) is 13.0. The van der Waals surface area contributed by atoms with Crippen molar-refractivity contribution in [3.05, 3.63) is 0 Å². The number of nitrogens with zero attached hydrogens (tertiary/aromatic N) is 1. The number of aliphatic hydroxyl groups is 1. The van der Waals surface area contributed by atoms with Crippen LogP contribution in [0.4, 0.5) is 13.2 Å². The molecule has 21 heavy (non-hydrogen) atoms. The lowest BCUT2D eigenvalue weighted by atomic mass is 9.88. The summed E-state index contributed by atoms with van der Waals surface area (Å²) in [5.41, 5.74) is 0. The maximum absolute atomic E-state index is 12.5. The van der Waals surface area contributed by atoms with E-state index in [0.29, 0.717) is 31.3 Å². The molecule has 0 bridgehead atoms. The highest BCUT2D eigenvalue weighted by Crippen LogP contribution is 2.32. The third-order valence-corrected chi connectivity index (χ3v) is 4.58. The molecule has 0 aromatic heterocycles. The number of amides is 1. The normalized spacial score (nSPS) is 20.7. The van der Waals surface area contributed by atoms with Crippen molar-refractivity contribution >= 4 is 5.91 Å². The number of likely N-dealkylation sites (tertiary alicyclic amines) is 1. The fourth-order valence-corrected chi connectivity index (χ4v) is 2.94. The minimum Gasteiger partial charge on any atom is -0.383 e. The van der Waals surface area contributed by atoms with E-state index in [1.54, 1.807) is 4.90 Å². The summed E-state index contributed by atoms with van der Waals surface area (Å²) in [7, 11) is 0. The van der Waals surface area contributed by atoms with Crippen molar-refractivity contribution in [2.24, 2.45) is 17.8 Å². The van der Waals surface area contributed by atoms with Crippen molar-refractivity contribution < 1.29 is 23.1 Å². The van der Waals surface area contributed by atoms with Crippen molar-refractivity contribution in [1.29, 1.82) is 0 Å². The topological polar surface area (TPSA) is 40.5 Å². The van der Waals surface area contributed by atoms with E-state index in [9.17, 15) is 23.1 Å². The third-order valence-electron chi connectivity index (χ3n) is 4.58. The van der Waals surface area contributed by atoms with E-state index in [-0.39, 0.29) is 18.7 Å². The highest BCUT2D eigenvalue weighted by molar-refractivity contribution is 5.76. The van der Waals surface area contributed by atoms with Crippen LogP contribution in [0, 0.1) is 17.8 Å². The van der Waals surface area contributed by atoms with Crippen LogP contribution in [0.5, 0.6) is 0 Å². The van der Waals surface area contributed by atoms with Gasteiger partial charge in [-0.3, -0.25) is 4.79 Å². The van der Waals surface area contributed by atoms with Gasteiger partial charge >= 0.3 is 6.18 Å². The number of halogens is 3. The summed E-state index contributed by atoms with van der Waals surface area (Å²) < 4.78 is 37.4. The number of alkyl halides is 3. The molecule has 2 unspecified atom stereocenters. The molecule has 124 valence electrons. The van der Waals surface area contributed by atoms with Gasteiger partial charge in [-0.1, -0.05) is 27.2 Å². The van der Waals surface area contributed by atoms with Crippen molar-refractivity contribution in [2.45, 2.75) is 58.7 Å². The summed E-state index contributed by atoms with van der Waals surface area (Å²) in [6.07, 6.45) is -5.03. The van der Waals surface area contributed by atoms with Gasteiger partial charge in [-0.05, 0) is 30.6 Å². The van der Waals surface area contributed by atoms with E-state index in [1.807, 2.05) is 6.92 Å². The van der Waals surface area contributed by atoms with Gasteiger partial charge in [-0.25, -0.2) is 0 Å². The van der Waals surface area contributed by atoms with Crippen molar-refractivity contribution in [3.63, 3.8) is 0 Å². The molecule has 1 heterocycles. The van der Waals surface area contributed by atoms with Gasteiger partial charge in [-0.2, -0.15) is 13.2 Å². The minimum atomic E-state index is -4.57. The Labute approximate surface area is 124 Å². The third kappa shape index (κ3) is 5.16. The molecule has 6 heteroatoms. The zero-order chi connectivity index (χ0) is 16.2. The quantitative estimate of drug-likeness (QED) is 0.847. The Bertz CT molecular complexity index is 336. The summed E-state index contributed by atoms with van der Waals surface area (Å²) in [5.74, 6) is -0.0313. The Morgan fingerprint density at radius 2 is 1.81 bits per heavy atom. The first-order chi connectivity index (χ1) is 9.66. The lowest BCUT2D eigenvalue weighted by Gasteiger charge is -2.35. The van der Waals surface area contributed by atoms with Crippen LogP contribution >= 0.6 is 0 Å². The molecule has 0 aromatic carbocycles. The molecule has 0 aromatic rings. The van der Waals surface area contributed by atoms with Crippen LogP contribution in [0.3, 0.4) is 0 Å². The maximum Gasteiger partial charge on any atom is 0.414 e. The van der Waals surface area contributed by atoms with Gasteiger partial charge < -0.3 is 10.0 Å². The lowest BCUT2D eigenvalue weighted by Crippen LogP contribution is -2.45. The highest BCUT2D eigenvalue weighted by Gasteiger charge is 2.44. The van der Waals surface area contributed by atoms with E-state index in [4.69, 9.17) is 0 Å². The second-order valence-corrected chi connectivity index (χ2v) is 6.32. The predicted octanol–water partition coefficient (Wildman–Crippen LogP) is 3.22. The monoisotopic (exact) mass is 309 g/mol. The summed E-state index contributed by atoms with van der Waals surface area (Å²) in [5, 5.41) is 9.26. The molecule has 0 aliphatic carbocycles. The van der Waals surface area contributed by atoms with Gasteiger partial charge in [0.15, 0.2) is 6.10 Å². The van der Waals surface area contributed by atoms with Crippen LogP contribution in [0.25, 0.3) is 0 Å². The second kappa shape index (κ2) is 7.47.